The molecule has 0 radical (unpaired) electrons. The smallest absolute Gasteiger partial charge is 0.308 e. The zero-order chi connectivity index (χ0) is 19.8. The number of ether oxygens (including phenoxy) is 1. The molecule has 1 aromatic carbocycles. The van der Waals surface area contributed by atoms with Crippen LogP contribution in [0.25, 0.3) is 0 Å². The van der Waals surface area contributed by atoms with Gasteiger partial charge in [0.15, 0.2) is 0 Å². The molecule has 1 amide bonds. The molecule has 2 fully saturated rings. The van der Waals surface area contributed by atoms with E-state index in [4.69, 9.17) is 4.74 Å². The van der Waals surface area contributed by atoms with E-state index in [0.717, 1.165) is 0 Å². The number of hydrogen-bond acceptors (Lipinski definition) is 5. The van der Waals surface area contributed by atoms with Gasteiger partial charge in [0.05, 0.1) is 24.0 Å². The van der Waals surface area contributed by atoms with E-state index in [1.54, 1.807) is 26.0 Å². The standard InChI is InChI=1S/C18H24N2O6S/c1-12-3-4-14(17(21)19-10-13(2)15(11-19)18(22)23)9-16(12)27(24,25)20-5-7-26-8-6-20/h3-4,9,13,15H,5-8,10-11H2,1-2H3,(H,22,23)/t13-,15-/m1/s1. The number of carbonyl (C=O) groups is 2. The SMILES string of the molecule is Cc1ccc(C(=O)N2C[C@@H](C)[C@H](C(=O)O)C2)cc1S(=O)(=O)N1CCOCC1. The average Bonchev–Trinajstić information content (AvgIpc) is 3.04. The summed E-state index contributed by atoms with van der Waals surface area (Å²) in [5.41, 5.74) is 0.821. The molecule has 148 valence electrons. The number of amides is 1. The second-order valence-corrected chi connectivity index (χ2v) is 9.04. The van der Waals surface area contributed by atoms with Gasteiger partial charge in [-0.25, -0.2) is 8.42 Å². The van der Waals surface area contributed by atoms with E-state index in [0.29, 0.717) is 25.3 Å². The molecular formula is C18H24N2O6S. The molecule has 1 N–H and O–H groups in total. The van der Waals surface area contributed by atoms with Gasteiger partial charge in [0.1, 0.15) is 0 Å². The number of likely N-dealkylation sites (tertiary alicyclic amines) is 1. The van der Waals surface area contributed by atoms with E-state index in [1.165, 1.54) is 15.3 Å². The lowest BCUT2D eigenvalue weighted by Crippen LogP contribution is -2.41. The van der Waals surface area contributed by atoms with Gasteiger partial charge in [-0.05, 0) is 30.5 Å². The summed E-state index contributed by atoms with van der Waals surface area (Å²) in [7, 11) is -3.72. The number of aliphatic carboxylic acids is 1. The Morgan fingerprint density at radius 1 is 1.19 bits per heavy atom. The highest BCUT2D eigenvalue weighted by Gasteiger charge is 2.37. The van der Waals surface area contributed by atoms with E-state index < -0.39 is 21.9 Å². The second-order valence-electron chi connectivity index (χ2n) is 7.13. The van der Waals surface area contributed by atoms with E-state index >= 15 is 0 Å². The Morgan fingerprint density at radius 3 is 2.44 bits per heavy atom. The van der Waals surface area contributed by atoms with Crippen LogP contribution in [-0.4, -0.2) is 74.0 Å². The van der Waals surface area contributed by atoms with E-state index in [1.807, 2.05) is 0 Å². The van der Waals surface area contributed by atoms with Crippen molar-refractivity contribution >= 4 is 21.9 Å². The molecule has 9 heteroatoms. The Balaban J connectivity index is 1.87. The molecule has 0 unspecified atom stereocenters. The molecule has 2 saturated heterocycles. The molecule has 2 heterocycles. The predicted octanol–water partition coefficient (Wildman–Crippen LogP) is 0.809. The minimum Gasteiger partial charge on any atom is -0.481 e. The number of nitrogens with zero attached hydrogens (tertiary/aromatic N) is 2. The van der Waals surface area contributed by atoms with Crippen molar-refractivity contribution < 1.29 is 27.9 Å². The van der Waals surface area contributed by atoms with Crippen molar-refractivity contribution in [3.63, 3.8) is 0 Å². The van der Waals surface area contributed by atoms with E-state index in [-0.39, 0.29) is 41.9 Å². The summed E-state index contributed by atoms with van der Waals surface area (Å²) in [6.45, 7) is 5.23. The predicted molar refractivity (Wildman–Crippen MR) is 97.0 cm³/mol. The van der Waals surface area contributed by atoms with Crippen LogP contribution in [0.5, 0.6) is 0 Å². The number of carboxylic acid groups (broad SMARTS) is 1. The second kappa shape index (κ2) is 7.57. The fourth-order valence-electron chi connectivity index (χ4n) is 3.57. The molecule has 27 heavy (non-hydrogen) atoms. The van der Waals surface area contributed by atoms with Gasteiger partial charge in [-0.15, -0.1) is 0 Å². The first kappa shape index (κ1) is 19.8. The van der Waals surface area contributed by atoms with Crippen molar-refractivity contribution in [1.29, 1.82) is 0 Å². The van der Waals surface area contributed by atoms with Gasteiger partial charge in [-0.1, -0.05) is 13.0 Å². The highest BCUT2D eigenvalue weighted by atomic mass is 32.2. The molecular weight excluding hydrogens is 372 g/mol. The summed E-state index contributed by atoms with van der Waals surface area (Å²) in [5.74, 6) is -2.01. The lowest BCUT2D eigenvalue weighted by atomic mass is 9.99. The largest absolute Gasteiger partial charge is 0.481 e. The van der Waals surface area contributed by atoms with Gasteiger partial charge in [0.2, 0.25) is 10.0 Å². The van der Waals surface area contributed by atoms with Crippen LogP contribution in [0.15, 0.2) is 23.1 Å². The fraction of sp³-hybridized carbons (Fsp3) is 0.556. The van der Waals surface area contributed by atoms with Gasteiger partial charge >= 0.3 is 5.97 Å². The summed E-state index contributed by atoms with van der Waals surface area (Å²) in [5, 5.41) is 9.25. The van der Waals surface area contributed by atoms with Crippen molar-refractivity contribution in [2.75, 3.05) is 39.4 Å². The molecule has 1 aromatic rings. The third kappa shape index (κ3) is 3.85. The number of morpholine rings is 1. The van der Waals surface area contributed by atoms with Crippen molar-refractivity contribution in [1.82, 2.24) is 9.21 Å². The van der Waals surface area contributed by atoms with Crippen LogP contribution in [0.3, 0.4) is 0 Å². The Bertz CT molecular complexity index is 847. The number of hydrogen-bond donors (Lipinski definition) is 1. The monoisotopic (exact) mass is 396 g/mol. The fourth-order valence-corrected chi connectivity index (χ4v) is 5.23. The van der Waals surface area contributed by atoms with Crippen molar-refractivity contribution in [3.05, 3.63) is 29.3 Å². The first-order chi connectivity index (χ1) is 12.7. The lowest BCUT2D eigenvalue weighted by Gasteiger charge is -2.27. The third-order valence-electron chi connectivity index (χ3n) is 5.24. The molecule has 0 spiro atoms. The van der Waals surface area contributed by atoms with Crippen LogP contribution < -0.4 is 0 Å². The quantitative estimate of drug-likeness (QED) is 0.808. The number of sulfonamides is 1. The van der Waals surface area contributed by atoms with Crippen molar-refractivity contribution in [3.8, 4) is 0 Å². The van der Waals surface area contributed by atoms with Gasteiger partial charge in [0, 0.05) is 31.7 Å². The van der Waals surface area contributed by atoms with Crippen LogP contribution in [0, 0.1) is 18.8 Å². The van der Waals surface area contributed by atoms with Crippen LogP contribution in [-0.2, 0) is 19.6 Å². The topological polar surface area (TPSA) is 104 Å². The number of carboxylic acids is 1. The normalized spacial score (nSPS) is 24.1. The molecule has 0 aliphatic carbocycles. The van der Waals surface area contributed by atoms with Gasteiger partial charge in [-0.3, -0.25) is 9.59 Å². The minimum absolute atomic E-state index is 0.109. The number of aryl methyl sites for hydroxylation is 1. The molecule has 0 aromatic heterocycles. The maximum Gasteiger partial charge on any atom is 0.308 e. The summed E-state index contributed by atoms with van der Waals surface area (Å²) in [6, 6.07) is 4.62. The van der Waals surface area contributed by atoms with Crippen LogP contribution in [0.1, 0.15) is 22.8 Å². The van der Waals surface area contributed by atoms with E-state index in [2.05, 4.69) is 0 Å². The summed E-state index contributed by atoms with van der Waals surface area (Å²) >= 11 is 0. The van der Waals surface area contributed by atoms with Crippen LogP contribution >= 0.6 is 0 Å². The Labute approximate surface area is 158 Å². The van der Waals surface area contributed by atoms with Crippen molar-refractivity contribution in [2.24, 2.45) is 11.8 Å². The molecule has 2 aliphatic heterocycles. The van der Waals surface area contributed by atoms with Gasteiger partial charge < -0.3 is 14.7 Å². The van der Waals surface area contributed by atoms with E-state index in [9.17, 15) is 23.1 Å². The molecule has 0 saturated carbocycles. The number of benzene rings is 1. The molecule has 3 rings (SSSR count). The van der Waals surface area contributed by atoms with Gasteiger partial charge in [0.25, 0.3) is 5.91 Å². The Kier molecular flexibility index (Phi) is 5.55. The highest BCUT2D eigenvalue weighted by Crippen LogP contribution is 2.27. The molecule has 2 atom stereocenters. The van der Waals surface area contributed by atoms with Crippen LogP contribution in [0.4, 0.5) is 0 Å². The molecule has 2 aliphatic rings. The Morgan fingerprint density at radius 2 is 1.85 bits per heavy atom. The first-order valence-electron chi connectivity index (χ1n) is 8.92. The summed E-state index contributed by atoms with van der Waals surface area (Å²) < 4.78 is 32.5. The van der Waals surface area contributed by atoms with Gasteiger partial charge in [-0.2, -0.15) is 4.31 Å². The van der Waals surface area contributed by atoms with Crippen molar-refractivity contribution in [2.45, 2.75) is 18.7 Å². The molecule has 0 bridgehead atoms. The maximum atomic E-state index is 13.0. The summed E-state index contributed by atoms with van der Waals surface area (Å²) in [4.78, 5) is 25.7. The average molecular weight is 396 g/mol. The Hall–Kier alpha value is -1.97. The summed E-state index contributed by atoms with van der Waals surface area (Å²) in [6.07, 6.45) is 0. The maximum absolute atomic E-state index is 13.0. The van der Waals surface area contributed by atoms with Crippen LogP contribution in [0.2, 0.25) is 0 Å². The highest BCUT2D eigenvalue weighted by molar-refractivity contribution is 7.89. The first-order valence-corrected chi connectivity index (χ1v) is 10.4. The minimum atomic E-state index is -3.72. The zero-order valence-electron chi connectivity index (χ0n) is 15.4. The number of rotatable bonds is 4. The number of carbonyl (C=O) groups excluding carboxylic acids is 1. The third-order valence-corrected chi connectivity index (χ3v) is 7.28. The lowest BCUT2D eigenvalue weighted by molar-refractivity contribution is -0.142. The molecule has 8 nitrogen and oxygen atoms in total. The zero-order valence-corrected chi connectivity index (χ0v) is 16.2.